The highest BCUT2D eigenvalue weighted by atomic mass is 19.1. The molecular weight excluding hydrogens is 347 g/mol. The summed E-state index contributed by atoms with van der Waals surface area (Å²) >= 11 is 0. The number of amides is 1. The van der Waals surface area contributed by atoms with Crippen molar-refractivity contribution in [2.75, 3.05) is 25.0 Å². The van der Waals surface area contributed by atoms with E-state index in [2.05, 4.69) is 15.5 Å². The number of nitrogens with one attached hydrogen (secondary N) is 2. The molecule has 1 aliphatic heterocycles. The lowest BCUT2D eigenvalue weighted by Crippen LogP contribution is -2.28. The zero-order chi connectivity index (χ0) is 18.8. The van der Waals surface area contributed by atoms with E-state index >= 15 is 0 Å². The number of H-pyrrole nitrogens is 1. The Labute approximate surface area is 155 Å². The normalized spacial score (nSPS) is 17.3. The molecule has 4 rings (SSSR count). The molecule has 3 aromatic rings. The molecule has 1 atom stereocenters. The first-order chi connectivity index (χ1) is 13.1. The van der Waals surface area contributed by atoms with Gasteiger partial charge in [0.2, 0.25) is 5.91 Å². The van der Waals surface area contributed by atoms with E-state index in [1.54, 1.807) is 12.1 Å². The van der Waals surface area contributed by atoms with Gasteiger partial charge in [0.1, 0.15) is 12.1 Å². The maximum absolute atomic E-state index is 13.2. The molecule has 7 heteroatoms. The number of carbonyl (C=O) groups excluding carboxylic acids is 2. The lowest BCUT2D eigenvalue weighted by molar-refractivity contribution is -0.119. The van der Waals surface area contributed by atoms with E-state index in [4.69, 9.17) is 0 Å². The Bertz CT molecular complexity index is 983. The lowest BCUT2D eigenvalue weighted by Gasteiger charge is -2.13. The minimum absolute atomic E-state index is 0.0467. The Kier molecular flexibility index (Phi) is 4.68. The van der Waals surface area contributed by atoms with Gasteiger partial charge in [-0.2, -0.15) is 5.10 Å². The molecule has 138 valence electrons. The summed E-state index contributed by atoms with van der Waals surface area (Å²) in [7, 11) is 0. The first kappa shape index (κ1) is 17.4. The minimum atomic E-state index is -0.299. The lowest BCUT2D eigenvalue weighted by atomic mass is 10.1. The molecule has 2 heterocycles. The van der Waals surface area contributed by atoms with Crippen LogP contribution in [0, 0.1) is 11.7 Å². The molecule has 2 aromatic carbocycles. The van der Waals surface area contributed by atoms with E-state index in [0.29, 0.717) is 24.5 Å². The number of rotatable bonds is 5. The Balaban J connectivity index is 1.55. The number of likely N-dealkylation sites (tertiary alicyclic amines) is 1. The average Bonchev–Trinajstić information content (AvgIpc) is 3.30. The van der Waals surface area contributed by atoms with E-state index < -0.39 is 0 Å². The summed E-state index contributed by atoms with van der Waals surface area (Å²) in [6.45, 7) is 1.72. The third-order valence-electron chi connectivity index (χ3n) is 4.92. The molecule has 27 heavy (non-hydrogen) atoms. The summed E-state index contributed by atoms with van der Waals surface area (Å²) in [6.07, 6.45) is 1.61. The van der Waals surface area contributed by atoms with Crippen LogP contribution in [0.3, 0.4) is 0 Å². The third-order valence-corrected chi connectivity index (χ3v) is 4.92. The van der Waals surface area contributed by atoms with E-state index in [0.717, 1.165) is 35.7 Å². The molecule has 1 amide bonds. The molecule has 1 aromatic heterocycles. The summed E-state index contributed by atoms with van der Waals surface area (Å²) in [5.41, 5.74) is 3.03. The Morgan fingerprint density at radius 1 is 1.30 bits per heavy atom. The quantitative estimate of drug-likeness (QED) is 0.681. The number of nitrogens with zero attached hydrogens (tertiary/aromatic N) is 2. The van der Waals surface area contributed by atoms with Gasteiger partial charge < -0.3 is 10.1 Å². The van der Waals surface area contributed by atoms with Crippen LogP contribution >= 0.6 is 0 Å². The van der Waals surface area contributed by atoms with E-state index in [-0.39, 0.29) is 17.6 Å². The number of aldehydes is 1. The van der Waals surface area contributed by atoms with Crippen molar-refractivity contribution < 1.29 is 14.0 Å². The molecule has 0 saturated carbocycles. The summed E-state index contributed by atoms with van der Waals surface area (Å²) in [6, 6.07) is 11.7. The van der Waals surface area contributed by atoms with Gasteiger partial charge in [0.05, 0.1) is 23.7 Å². The van der Waals surface area contributed by atoms with Crippen molar-refractivity contribution in [3.8, 4) is 11.3 Å². The molecule has 6 nitrogen and oxygen atoms in total. The van der Waals surface area contributed by atoms with Gasteiger partial charge in [-0.25, -0.2) is 4.39 Å². The number of benzene rings is 2. The van der Waals surface area contributed by atoms with E-state index in [1.807, 2.05) is 23.1 Å². The topological polar surface area (TPSA) is 78.1 Å². The summed E-state index contributed by atoms with van der Waals surface area (Å²) in [5.74, 6) is -0.470. The van der Waals surface area contributed by atoms with Gasteiger partial charge in [-0.1, -0.05) is 0 Å². The molecule has 1 saturated heterocycles. The Morgan fingerprint density at radius 2 is 2.11 bits per heavy atom. The van der Waals surface area contributed by atoms with Crippen LogP contribution in [-0.2, 0) is 9.59 Å². The van der Waals surface area contributed by atoms with Crippen molar-refractivity contribution in [3.05, 3.63) is 48.3 Å². The third kappa shape index (κ3) is 3.59. The molecule has 0 spiro atoms. The van der Waals surface area contributed by atoms with Crippen molar-refractivity contribution in [2.24, 2.45) is 5.92 Å². The number of aromatic amines is 1. The molecule has 1 aliphatic rings. The number of fused-ring (bicyclic) bond motifs is 1. The van der Waals surface area contributed by atoms with Crippen molar-refractivity contribution in [3.63, 3.8) is 0 Å². The van der Waals surface area contributed by atoms with Crippen LogP contribution in [-0.4, -0.2) is 46.9 Å². The minimum Gasteiger partial charge on any atom is -0.326 e. The maximum Gasteiger partial charge on any atom is 0.228 e. The molecular formula is C20H19FN4O2. The molecule has 0 aliphatic carbocycles. The first-order valence-corrected chi connectivity index (χ1v) is 8.85. The number of carbonyl (C=O) groups is 2. The van der Waals surface area contributed by atoms with Crippen LogP contribution in [0.15, 0.2) is 42.5 Å². The van der Waals surface area contributed by atoms with Crippen LogP contribution in [0.2, 0.25) is 0 Å². The summed E-state index contributed by atoms with van der Waals surface area (Å²) in [4.78, 5) is 25.1. The number of aromatic nitrogens is 2. The fourth-order valence-electron chi connectivity index (χ4n) is 3.48. The molecule has 0 unspecified atom stereocenters. The van der Waals surface area contributed by atoms with Crippen LogP contribution in [0.5, 0.6) is 0 Å². The SMILES string of the molecule is O=CCN1CC[C@@H](C(=O)Nc2ccc3[nH]nc(-c4ccc(F)cc4)c3c2)C1. The number of halogens is 1. The largest absolute Gasteiger partial charge is 0.326 e. The zero-order valence-electron chi connectivity index (χ0n) is 14.6. The van der Waals surface area contributed by atoms with E-state index in [9.17, 15) is 14.0 Å². The van der Waals surface area contributed by atoms with Crippen LogP contribution < -0.4 is 5.32 Å². The summed E-state index contributed by atoms with van der Waals surface area (Å²) in [5, 5.41) is 11.1. The monoisotopic (exact) mass is 366 g/mol. The second-order valence-corrected chi connectivity index (χ2v) is 6.74. The smallest absolute Gasteiger partial charge is 0.228 e. The van der Waals surface area contributed by atoms with Crippen molar-refractivity contribution in [2.45, 2.75) is 6.42 Å². The number of hydrogen-bond donors (Lipinski definition) is 2. The second-order valence-electron chi connectivity index (χ2n) is 6.74. The van der Waals surface area contributed by atoms with Crippen LogP contribution in [0.1, 0.15) is 6.42 Å². The van der Waals surface area contributed by atoms with Crippen LogP contribution in [0.25, 0.3) is 22.2 Å². The highest BCUT2D eigenvalue weighted by molar-refractivity contribution is 5.99. The van der Waals surface area contributed by atoms with E-state index in [1.165, 1.54) is 12.1 Å². The van der Waals surface area contributed by atoms with Gasteiger partial charge in [0.25, 0.3) is 0 Å². The molecule has 0 bridgehead atoms. The maximum atomic E-state index is 13.2. The van der Waals surface area contributed by atoms with Gasteiger partial charge in [-0.3, -0.25) is 14.8 Å². The zero-order valence-corrected chi connectivity index (χ0v) is 14.6. The number of hydrogen-bond acceptors (Lipinski definition) is 4. The highest BCUT2D eigenvalue weighted by Crippen LogP contribution is 2.29. The second kappa shape index (κ2) is 7.28. The van der Waals surface area contributed by atoms with Crippen molar-refractivity contribution >= 4 is 28.8 Å². The Hall–Kier alpha value is -3.06. The highest BCUT2D eigenvalue weighted by Gasteiger charge is 2.28. The van der Waals surface area contributed by atoms with Gasteiger partial charge in [-0.15, -0.1) is 0 Å². The van der Waals surface area contributed by atoms with Crippen molar-refractivity contribution in [1.82, 2.24) is 15.1 Å². The van der Waals surface area contributed by atoms with Gasteiger partial charge in [0.15, 0.2) is 0 Å². The summed E-state index contributed by atoms with van der Waals surface area (Å²) < 4.78 is 13.2. The first-order valence-electron chi connectivity index (χ1n) is 8.85. The van der Waals surface area contributed by atoms with Gasteiger partial charge in [0, 0.05) is 23.2 Å². The standard InChI is InChI=1S/C20H19FN4O2/c21-15-3-1-13(2-4-15)19-17-11-16(5-6-18(17)23-24-19)22-20(27)14-7-8-25(12-14)9-10-26/h1-6,10-11,14H,7-9,12H2,(H,22,27)(H,23,24)/t14-/m1/s1. The average molecular weight is 366 g/mol. The molecule has 1 fully saturated rings. The predicted molar refractivity (Wildman–Crippen MR) is 101 cm³/mol. The fourth-order valence-corrected chi connectivity index (χ4v) is 3.48. The van der Waals surface area contributed by atoms with Gasteiger partial charge in [-0.05, 0) is 55.4 Å². The predicted octanol–water partition coefficient (Wildman–Crippen LogP) is 2.83. The molecule has 0 radical (unpaired) electrons. The van der Waals surface area contributed by atoms with Crippen molar-refractivity contribution in [1.29, 1.82) is 0 Å². The Morgan fingerprint density at radius 3 is 2.89 bits per heavy atom. The van der Waals surface area contributed by atoms with Crippen LogP contribution in [0.4, 0.5) is 10.1 Å². The number of anilines is 1. The fraction of sp³-hybridized carbons (Fsp3) is 0.250. The van der Waals surface area contributed by atoms with Gasteiger partial charge >= 0.3 is 0 Å². The molecule has 2 N–H and O–H groups in total.